The van der Waals surface area contributed by atoms with Crippen LogP contribution in [0.4, 0.5) is 0 Å². The summed E-state index contributed by atoms with van der Waals surface area (Å²) in [6, 6.07) is 20.8. The summed E-state index contributed by atoms with van der Waals surface area (Å²) >= 11 is 0. The van der Waals surface area contributed by atoms with Gasteiger partial charge in [0.25, 0.3) is 0 Å². The van der Waals surface area contributed by atoms with Crippen molar-refractivity contribution in [1.82, 2.24) is 0 Å². The molecule has 0 unspecified atom stereocenters. The maximum absolute atomic E-state index is 9.60. The number of hydrogen-bond acceptors (Lipinski definition) is 7. The molecule has 0 saturated carbocycles. The van der Waals surface area contributed by atoms with Crippen molar-refractivity contribution in [2.75, 3.05) is 39.6 Å². The van der Waals surface area contributed by atoms with Crippen LogP contribution in [-0.4, -0.2) is 81.4 Å². The fourth-order valence-electron chi connectivity index (χ4n) is 1.26. The topological polar surface area (TPSA) is 159 Å². The van der Waals surface area contributed by atoms with Crippen LogP contribution in [-0.2, 0) is 4.79 Å². The predicted octanol–water partition coefficient (Wildman–Crippen LogP) is 0.914. The summed E-state index contributed by atoms with van der Waals surface area (Å²) in [5, 5.41) is 53.6. The van der Waals surface area contributed by atoms with E-state index in [4.69, 9.17) is 35.7 Å². The molecule has 8 heteroatoms. The quantitative estimate of drug-likeness (QED) is 0.348. The average molecular weight is 427 g/mol. The van der Waals surface area contributed by atoms with E-state index in [1.165, 1.54) is 18.1 Å². The second-order valence-electron chi connectivity index (χ2n) is 5.16. The van der Waals surface area contributed by atoms with Crippen LogP contribution in [0.25, 0.3) is 11.1 Å². The smallest absolute Gasteiger partial charge is 0.330 e. The van der Waals surface area contributed by atoms with E-state index >= 15 is 0 Å². The summed E-state index contributed by atoms with van der Waals surface area (Å²) in [6.45, 7) is 3.85. The number of aliphatic carboxylic acids is 1. The SMILES string of the molecule is C=C(C)C(=O)O.OCCO.OCCO.OCCO.c1ccc(-c2ccccc2)cc1. The first-order valence-electron chi connectivity index (χ1n) is 9.00. The zero-order valence-corrected chi connectivity index (χ0v) is 17.3. The summed E-state index contributed by atoms with van der Waals surface area (Å²) in [6.07, 6.45) is 0. The molecular weight excluding hydrogens is 392 g/mol. The molecule has 7 N–H and O–H groups in total. The first-order valence-corrected chi connectivity index (χ1v) is 9.00. The van der Waals surface area contributed by atoms with Crippen LogP contribution in [0.2, 0.25) is 0 Å². The molecule has 170 valence electrons. The van der Waals surface area contributed by atoms with Crippen molar-refractivity contribution in [3.63, 3.8) is 0 Å². The van der Waals surface area contributed by atoms with Crippen molar-refractivity contribution >= 4 is 5.97 Å². The lowest BCUT2D eigenvalue weighted by molar-refractivity contribution is -0.132. The molecule has 0 heterocycles. The first kappa shape index (κ1) is 32.1. The van der Waals surface area contributed by atoms with Gasteiger partial charge < -0.3 is 35.7 Å². The first-order chi connectivity index (χ1) is 14.4. The molecule has 0 aromatic heterocycles. The van der Waals surface area contributed by atoms with Gasteiger partial charge in [-0.3, -0.25) is 0 Å². The molecule has 0 aliphatic carbocycles. The third-order valence-electron chi connectivity index (χ3n) is 2.55. The van der Waals surface area contributed by atoms with E-state index < -0.39 is 5.97 Å². The molecule has 8 nitrogen and oxygen atoms in total. The number of rotatable bonds is 5. The van der Waals surface area contributed by atoms with E-state index in [9.17, 15) is 4.79 Å². The maximum Gasteiger partial charge on any atom is 0.330 e. The maximum atomic E-state index is 9.60. The fourth-order valence-corrected chi connectivity index (χ4v) is 1.26. The van der Waals surface area contributed by atoms with Gasteiger partial charge in [-0.1, -0.05) is 67.2 Å². The van der Waals surface area contributed by atoms with Crippen LogP contribution < -0.4 is 0 Å². The van der Waals surface area contributed by atoms with Gasteiger partial charge in [0.05, 0.1) is 39.6 Å². The van der Waals surface area contributed by atoms with Crippen molar-refractivity contribution < 1.29 is 40.5 Å². The number of carboxylic acid groups (broad SMARTS) is 1. The van der Waals surface area contributed by atoms with Gasteiger partial charge in [0.15, 0.2) is 0 Å². The van der Waals surface area contributed by atoms with E-state index in [0.29, 0.717) is 0 Å². The highest BCUT2D eigenvalue weighted by Gasteiger charge is 1.92. The monoisotopic (exact) mass is 426 g/mol. The van der Waals surface area contributed by atoms with E-state index in [2.05, 4.69) is 55.1 Å². The average Bonchev–Trinajstić information content (AvgIpc) is 2.81. The van der Waals surface area contributed by atoms with Gasteiger partial charge in [-0.05, 0) is 18.1 Å². The molecule has 2 rings (SSSR count). The number of aliphatic hydroxyl groups excluding tert-OH is 6. The molecular formula is C22H34O8. The Labute approximate surface area is 177 Å². The van der Waals surface area contributed by atoms with E-state index in [-0.39, 0.29) is 45.2 Å². The van der Waals surface area contributed by atoms with Crippen LogP contribution in [0.15, 0.2) is 72.8 Å². The van der Waals surface area contributed by atoms with Crippen molar-refractivity contribution in [3.05, 3.63) is 72.8 Å². The lowest BCUT2D eigenvalue weighted by Crippen LogP contribution is -1.92. The minimum Gasteiger partial charge on any atom is -0.478 e. The molecule has 0 aliphatic heterocycles. The number of benzene rings is 2. The van der Waals surface area contributed by atoms with Crippen LogP contribution in [0, 0.1) is 0 Å². The third kappa shape index (κ3) is 25.4. The van der Waals surface area contributed by atoms with Crippen molar-refractivity contribution in [3.8, 4) is 11.1 Å². The van der Waals surface area contributed by atoms with Crippen LogP contribution in [0.1, 0.15) is 6.92 Å². The van der Waals surface area contributed by atoms with E-state index in [1.54, 1.807) is 0 Å². The normalized spacial score (nSPS) is 8.37. The van der Waals surface area contributed by atoms with Gasteiger partial charge in [-0.15, -0.1) is 0 Å². The molecule has 2 aromatic carbocycles. The summed E-state index contributed by atoms with van der Waals surface area (Å²) in [5.41, 5.74) is 2.73. The molecule has 0 bridgehead atoms. The Morgan fingerprint density at radius 2 is 0.833 bits per heavy atom. The molecule has 0 fully saturated rings. The minimum atomic E-state index is -0.935. The second-order valence-corrected chi connectivity index (χ2v) is 5.16. The van der Waals surface area contributed by atoms with Gasteiger partial charge in [0, 0.05) is 5.57 Å². The zero-order chi connectivity index (χ0) is 23.6. The standard InChI is InChI=1S/C12H10.C4H6O2.3C2H6O2/c1-3-7-11(8-4-1)12-9-5-2-6-10-12;1-3(2)4(5)6;3*3-1-2-4/h1-10H;1H2,2H3,(H,5,6);3*3-4H,1-2H2. The van der Waals surface area contributed by atoms with Crippen LogP contribution in [0.3, 0.4) is 0 Å². The predicted molar refractivity (Wildman–Crippen MR) is 117 cm³/mol. The highest BCUT2D eigenvalue weighted by atomic mass is 16.4. The highest BCUT2D eigenvalue weighted by Crippen LogP contribution is 2.17. The molecule has 0 atom stereocenters. The largest absolute Gasteiger partial charge is 0.478 e. The zero-order valence-electron chi connectivity index (χ0n) is 17.3. The molecule has 2 aromatic rings. The highest BCUT2D eigenvalue weighted by molar-refractivity contribution is 5.84. The molecule has 0 radical (unpaired) electrons. The Kier molecular flexibility index (Phi) is 28.2. The molecule has 30 heavy (non-hydrogen) atoms. The lowest BCUT2D eigenvalue weighted by atomic mass is 10.1. The van der Waals surface area contributed by atoms with Crippen LogP contribution in [0.5, 0.6) is 0 Å². The molecule has 0 amide bonds. The van der Waals surface area contributed by atoms with Gasteiger partial charge in [0.2, 0.25) is 0 Å². The van der Waals surface area contributed by atoms with Gasteiger partial charge >= 0.3 is 5.97 Å². The number of carbonyl (C=O) groups is 1. The molecule has 0 spiro atoms. The Morgan fingerprint density at radius 3 is 0.967 bits per heavy atom. The summed E-state index contributed by atoms with van der Waals surface area (Å²) < 4.78 is 0. The summed E-state index contributed by atoms with van der Waals surface area (Å²) in [5.74, 6) is -0.935. The van der Waals surface area contributed by atoms with Gasteiger partial charge in [0.1, 0.15) is 0 Å². The Bertz CT molecular complexity index is 538. The van der Waals surface area contributed by atoms with E-state index in [1.807, 2.05) is 12.1 Å². The number of hydrogen-bond donors (Lipinski definition) is 7. The van der Waals surface area contributed by atoms with Crippen molar-refractivity contribution in [2.24, 2.45) is 0 Å². The number of aliphatic hydroxyl groups is 6. The molecule has 0 aliphatic rings. The number of carboxylic acids is 1. The van der Waals surface area contributed by atoms with E-state index in [0.717, 1.165) is 0 Å². The second kappa shape index (κ2) is 26.4. The summed E-state index contributed by atoms with van der Waals surface area (Å²) in [4.78, 5) is 9.60. The van der Waals surface area contributed by atoms with Crippen LogP contribution >= 0.6 is 0 Å². The van der Waals surface area contributed by atoms with Gasteiger partial charge in [-0.25, -0.2) is 4.79 Å². The Morgan fingerprint density at radius 1 is 0.633 bits per heavy atom. The Balaban J connectivity index is -0.000000345. The fraction of sp³-hybridized carbons (Fsp3) is 0.318. The third-order valence-corrected chi connectivity index (χ3v) is 2.55. The van der Waals surface area contributed by atoms with Crippen molar-refractivity contribution in [2.45, 2.75) is 6.92 Å². The molecule has 0 saturated heterocycles. The summed E-state index contributed by atoms with van der Waals surface area (Å²) in [7, 11) is 0. The van der Waals surface area contributed by atoms with Crippen molar-refractivity contribution in [1.29, 1.82) is 0 Å². The Hall–Kier alpha value is -2.59. The minimum absolute atomic E-state index is 0.125. The van der Waals surface area contributed by atoms with Gasteiger partial charge in [-0.2, -0.15) is 0 Å². The lowest BCUT2D eigenvalue weighted by Gasteiger charge is -1.98.